The summed E-state index contributed by atoms with van der Waals surface area (Å²) in [6, 6.07) is 9.69. The van der Waals surface area contributed by atoms with Gasteiger partial charge in [0.25, 0.3) is 0 Å². The van der Waals surface area contributed by atoms with E-state index in [0.29, 0.717) is 12.1 Å². The number of nitrogens with one attached hydrogen (secondary N) is 1. The normalized spacial score (nSPS) is 10.7. The molecule has 0 saturated carbocycles. The average molecular weight is 342 g/mol. The smallest absolute Gasteiger partial charge is 0.155 e. The molecule has 0 aliphatic carbocycles. The van der Waals surface area contributed by atoms with Gasteiger partial charge in [-0.25, -0.2) is 9.97 Å². The third-order valence-electron chi connectivity index (χ3n) is 3.16. The predicted octanol–water partition coefficient (Wildman–Crippen LogP) is 2.65. The van der Waals surface area contributed by atoms with Crippen LogP contribution in [0.5, 0.6) is 0 Å². The highest BCUT2D eigenvalue weighted by Crippen LogP contribution is 2.11. The summed E-state index contributed by atoms with van der Waals surface area (Å²) in [5, 5.41) is 12.1. The predicted molar refractivity (Wildman–Crippen MR) is 82.4 cm³/mol. The number of halogens is 1. The van der Waals surface area contributed by atoms with Gasteiger partial charge in [0.1, 0.15) is 4.60 Å². The molecule has 2 aromatic heterocycles. The quantitative estimate of drug-likeness (QED) is 0.792. The van der Waals surface area contributed by atoms with Gasteiger partial charge in [-0.3, -0.25) is 4.40 Å². The Morgan fingerprint density at radius 1 is 1.14 bits per heavy atom. The molecule has 21 heavy (non-hydrogen) atoms. The molecular weight excluding hydrogens is 330 g/mol. The van der Waals surface area contributed by atoms with Crippen molar-refractivity contribution >= 4 is 21.6 Å². The highest BCUT2D eigenvalue weighted by molar-refractivity contribution is 9.10. The van der Waals surface area contributed by atoms with E-state index in [0.717, 1.165) is 28.1 Å². The van der Waals surface area contributed by atoms with Gasteiger partial charge in [0, 0.05) is 19.3 Å². The number of nitriles is 1. The van der Waals surface area contributed by atoms with Crippen molar-refractivity contribution in [3.8, 4) is 6.07 Å². The van der Waals surface area contributed by atoms with E-state index >= 15 is 0 Å². The SMILES string of the molecule is N#Cc1ccc(CNCc2cnc3cnc(Br)cn23)cc1. The van der Waals surface area contributed by atoms with E-state index < -0.39 is 0 Å². The molecular formula is C15H12BrN5. The molecule has 0 spiro atoms. The van der Waals surface area contributed by atoms with Crippen LogP contribution in [0.1, 0.15) is 16.8 Å². The Morgan fingerprint density at radius 2 is 1.95 bits per heavy atom. The van der Waals surface area contributed by atoms with Gasteiger partial charge in [-0.15, -0.1) is 0 Å². The molecule has 0 atom stereocenters. The van der Waals surface area contributed by atoms with Crippen LogP contribution < -0.4 is 5.32 Å². The molecule has 0 unspecified atom stereocenters. The third kappa shape index (κ3) is 3.10. The monoisotopic (exact) mass is 341 g/mol. The summed E-state index contributed by atoms with van der Waals surface area (Å²) in [5.41, 5.74) is 3.72. The number of hydrogen-bond donors (Lipinski definition) is 1. The van der Waals surface area contributed by atoms with Crippen molar-refractivity contribution in [2.75, 3.05) is 0 Å². The summed E-state index contributed by atoms with van der Waals surface area (Å²) >= 11 is 3.36. The lowest BCUT2D eigenvalue weighted by molar-refractivity contribution is 0.675. The number of aromatic nitrogens is 3. The lowest BCUT2D eigenvalue weighted by atomic mass is 10.1. The van der Waals surface area contributed by atoms with E-state index in [1.165, 1.54) is 0 Å². The second-order valence-electron chi connectivity index (χ2n) is 4.60. The van der Waals surface area contributed by atoms with Gasteiger partial charge in [-0.2, -0.15) is 5.26 Å². The first-order valence-corrected chi connectivity index (χ1v) is 7.23. The van der Waals surface area contributed by atoms with Gasteiger partial charge >= 0.3 is 0 Å². The van der Waals surface area contributed by atoms with E-state index in [1.54, 1.807) is 6.20 Å². The molecule has 0 radical (unpaired) electrons. The van der Waals surface area contributed by atoms with Crippen LogP contribution in [-0.4, -0.2) is 14.4 Å². The van der Waals surface area contributed by atoms with Crippen LogP contribution in [0.3, 0.4) is 0 Å². The highest BCUT2D eigenvalue weighted by atomic mass is 79.9. The number of fused-ring (bicyclic) bond motifs is 1. The molecule has 0 aliphatic rings. The lowest BCUT2D eigenvalue weighted by Crippen LogP contribution is -2.14. The molecule has 5 nitrogen and oxygen atoms in total. The fraction of sp³-hybridized carbons (Fsp3) is 0.133. The van der Waals surface area contributed by atoms with Crippen LogP contribution in [0.15, 0.2) is 47.5 Å². The van der Waals surface area contributed by atoms with E-state index in [-0.39, 0.29) is 0 Å². The minimum absolute atomic E-state index is 0.679. The first kappa shape index (κ1) is 13.7. The minimum Gasteiger partial charge on any atom is -0.307 e. The molecule has 0 aliphatic heterocycles. The van der Waals surface area contributed by atoms with E-state index in [4.69, 9.17) is 5.26 Å². The summed E-state index contributed by atoms with van der Waals surface area (Å²) in [7, 11) is 0. The third-order valence-corrected chi connectivity index (χ3v) is 3.57. The summed E-state index contributed by atoms with van der Waals surface area (Å²) in [5.74, 6) is 0. The maximum atomic E-state index is 8.77. The zero-order valence-corrected chi connectivity index (χ0v) is 12.7. The Morgan fingerprint density at radius 3 is 2.71 bits per heavy atom. The number of benzene rings is 1. The van der Waals surface area contributed by atoms with Crippen molar-refractivity contribution in [3.05, 3.63) is 64.3 Å². The van der Waals surface area contributed by atoms with Crippen LogP contribution in [-0.2, 0) is 13.1 Å². The fourth-order valence-corrected chi connectivity index (χ4v) is 2.39. The zero-order chi connectivity index (χ0) is 14.7. The molecule has 0 amide bonds. The van der Waals surface area contributed by atoms with E-state index in [9.17, 15) is 0 Å². The molecule has 0 fully saturated rings. The fourth-order valence-electron chi connectivity index (χ4n) is 2.08. The van der Waals surface area contributed by atoms with Crippen molar-refractivity contribution < 1.29 is 0 Å². The van der Waals surface area contributed by atoms with Gasteiger partial charge in [-0.1, -0.05) is 12.1 Å². The standard InChI is InChI=1S/C15H12BrN5/c16-14-10-21-13(8-20-15(21)9-19-14)7-18-6-12-3-1-11(5-17)2-4-12/h1-4,8-10,18H,6-7H2. The highest BCUT2D eigenvalue weighted by Gasteiger charge is 2.04. The first-order chi connectivity index (χ1) is 10.3. The molecule has 3 rings (SSSR count). The van der Waals surface area contributed by atoms with Crippen LogP contribution in [0.2, 0.25) is 0 Å². The minimum atomic E-state index is 0.679. The van der Waals surface area contributed by atoms with E-state index in [2.05, 4.69) is 37.3 Å². The Kier molecular flexibility index (Phi) is 3.95. The van der Waals surface area contributed by atoms with Crippen LogP contribution in [0.25, 0.3) is 5.65 Å². The summed E-state index contributed by atoms with van der Waals surface area (Å²) < 4.78 is 2.78. The molecule has 3 aromatic rings. The van der Waals surface area contributed by atoms with Crippen LogP contribution >= 0.6 is 15.9 Å². The van der Waals surface area contributed by atoms with Crippen molar-refractivity contribution in [3.63, 3.8) is 0 Å². The van der Waals surface area contributed by atoms with Crippen molar-refractivity contribution in [2.45, 2.75) is 13.1 Å². The molecule has 0 bridgehead atoms. The Hall–Kier alpha value is -2.23. The van der Waals surface area contributed by atoms with Crippen molar-refractivity contribution in [1.82, 2.24) is 19.7 Å². The maximum absolute atomic E-state index is 8.77. The van der Waals surface area contributed by atoms with Crippen LogP contribution in [0.4, 0.5) is 0 Å². The number of rotatable bonds is 4. The molecule has 0 saturated heterocycles. The molecule has 6 heteroatoms. The lowest BCUT2D eigenvalue weighted by Gasteiger charge is -2.05. The van der Waals surface area contributed by atoms with Gasteiger partial charge in [0.15, 0.2) is 5.65 Å². The Bertz CT molecular complexity index is 801. The zero-order valence-electron chi connectivity index (χ0n) is 11.1. The van der Waals surface area contributed by atoms with Crippen molar-refractivity contribution in [1.29, 1.82) is 5.26 Å². The number of nitrogens with zero attached hydrogens (tertiary/aromatic N) is 4. The van der Waals surface area contributed by atoms with Gasteiger partial charge < -0.3 is 5.32 Å². The molecule has 104 valence electrons. The molecule has 2 heterocycles. The molecule has 1 N–H and O–H groups in total. The molecule has 1 aromatic carbocycles. The van der Waals surface area contributed by atoms with Gasteiger partial charge in [-0.05, 0) is 33.6 Å². The first-order valence-electron chi connectivity index (χ1n) is 6.43. The summed E-state index contributed by atoms with van der Waals surface area (Å²) in [6.07, 6.45) is 5.48. The summed E-state index contributed by atoms with van der Waals surface area (Å²) in [6.45, 7) is 1.45. The summed E-state index contributed by atoms with van der Waals surface area (Å²) in [4.78, 5) is 8.46. The van der Waals surface area contributed by atoms with Gasteiger partial charge in [0.2, 0.25) is 0 Å². The second kappa shape index (κ2) is 6.04. The van der Waals surface area contributed by atoms with Crippen LogP contribution in [0, 0.1) is 11.3 Å². The topological polar surface area (TPSA) is 66.0 Å². The largest absolute Gasteiger partial charge is 0.307 e. The Balaban J connectivity index is 1.66. The average Bonchev–Trinajstić information content (AvgIpc) is 2.90. The number of hydrogen-bond acceptors (Lipinski definition) is 4. The van der Waals surface area contributed by atoms with Gasteiger partial charge in [0.05, 0.1) is 29.7 Å². The number of imidazole rings is 1. The van der Waals surface area contributed by atoms with E-state index in [1.807, 2.05) is 41.1 Å². The Labute approximate surface area is 130 Å². The second-order valence-corrected chi connectivity index (χ2v) is 5.41. The maximum Gasteiger partial charge on any atom is 0.155 e. The van der Waals surface area contributed by atoms with Crippen molar-refractivity contribution in [2.24, 2.45) is 0 Å².